The van der Waals surface area contributed by atoms with Crippen molar-refractivity contribution in [1.82, 2.24) is 9.71 Å². The fourth-order valence-electron chi connectivity index (χ4n) is 2.11. The van der Waals surface area contributed by atoms with Gasteiger partial charge in [0.25, 0.3) is 10.0 Å². The number of nitrogens with zero attached hydrogens (tertiary/aromatic N) is 1. The summed E-state index contributed by atoms with van der Waals surface area (Å²) in [4.78, 5) is 4.00. The molecule has 0 aliphatic heterocycles. The van der Waals surface area contributed by atoms with Gasteiger partial charge in [0.2, 0.25) is 0 Å². The molecule has 0 spiro atoms. The van der Waals surface area contributed by atoms with E-state index in [4.69, 9.17) is 0 Å². The van der Waals surface area contributed by atoms with E-state index in [9.17, 15) is 8.42 Å². The van der Waals surface area contributed by atoms with Crippen molar-refractivity contribution in [2.24, 2.45) is 0 Å². The lowest BCUT2D eigenvalue weighted by atomic mass is 9.80. The van der Waals surface area contributed by atoms with Gasteiger partial charge in [0.15, 0.2) is 5.03 Å². The van der Waals surface area contributed by atoms with Crippen LogP contribution >= 0.6 is 0 Å². The predicted octanol–water partition coefficient (Wildman–Crippen LogP) is 1.73. The largest absolute Gasteiger partial charge is 0.383 e. The highest BCUT2D eigenvalue weighted by atomic mass is 32.2. The second kappa shape index (κ2) is 4.85. The molecule has 5 nitrogen and oxygen atoms in total. The van der Waals surface area contributed by atoms with Crippen LogP contribution in [-0.2, 0) is 10.0 Å². The summed E-state index contributed by atoms with van der Waals surface area (Å²) in [6.45, 7) is 4.51. The van der Waals surface area contributed by atoms with Crippen LogP contribution in [0.4, 0.5) is 5.69 Å². The lowest BCUT2D eigenvalue weighted by molar-refractivity contribution is 0.248. The molecule has 1 saturated carbocycles. The van der Waals surface area contributed by atoms with Gasteiger partial charge in [0, 0.05) is 18.3 Å². The zero-order valence-corrected chi connectivity index (χ0v) is 11.5. The fourth-order valence-corrected chi connectivity index (χ4v) is 3.69. The second-order valence-electron chi connectivity index (χ2n) is 4.91. The van der Waals surface area contributed by atoms with Crippen LogP contribution < -0.4 is 10.0 Å². The summed E-state index contributed by atoms with van der Waals surface area (Å²) < 4.78 is 27.4. The molecule has 1 fully saturated rings. The maximum absolute atomic E-state index is 12.3. The van der Waals surface area contributed by atoms with Crippen molar-refractivity contribution in [3.63, 3.8) is 0 Å². The van der Waals surface area contributed by atoms with Crippen molar-refractivity contribution >= 4 is 15.7 Å². The van der Waals surface area contributed by atoms with E-state index in [0.29, 0.717) is 12.2 Å². The minimum absolute atomic E-state index is 0.0833. The SMILES string of the molecule is CCNc1cccnc1S(=O)(=O)NC1(C)CCC1. The van der Waals surface area contributed by atoms with Crippen LogP contribution in [-0.4, -0.2) is 25.5 Å². The zero-order valence-electron chi connectivity index (χ0n) is 10.7. The number of rotatable bonds is 5. The molecule has 1 aromatic heterocycles. The Morgan fingerprint density at radius 2 is 2.17 bits per heavy atom. The molecule has 0 unspecified atom stereocenters. The Morgan fingerprint density at radius 1 is 1.44 bits per heavy atom. The molecule has 6 heteroatoms. The van der Waals surface area contributed by atoms with Crippen molar-refractivity contribution < 1.29 is 8.42 Å². The summed E-state index contributed by atoms with van der Waals surface area (Å²) in [7, 11) is -3.56. The molecule has 1 aromatic rings. The topological polar surface area (TPSA) is 71.1 Å². The fraction of sp³-hybridized carbons (Fsp3) is 0.583. The Kier molecular flexibility index (Phi) is 3.59. The van der Waals surface area contributed by atoms with Crippen molar-refractivity contribution in [2.75, 3.05) is 11.9 Å². The van der Waals surface area contributed by atoms with Gasteiger partial charge in [-0.1, -0.05) is 0 Å². The maximum Gasteiger partial charge on any atom is 0.260 e. The van der Waals surface area contributed by atoms with Crippen LogP contribution in [0.1, 0.15) is 33.1 Å². The smallest absolute Gasteiger partial charge is 0.260 e. The molecule has 0 radical (unpaired) electrons. The summed E-state index contributed by atoms with van der Waals surface area (Å²) in [6, 6.07) is 3.45. The number of aromatic nitrogens is 1. The van der Waals surface area contributed by atoms with Crippen LogP contribution in [0.15, 0.2) is 23.4 Å². The zero-order chi connectivity index (χ0) is 13.2. The first-order chi connectivity index (χ1) is 8.47. The van der Waals surface area contributed by atoms with Gasteiger partial charge in [-0.25, -0.2) is 18.1 Å². The Bertz CT molecular complexity index is 524. The van der Waals surface area contributed by atoms with Gasteiger partial charge >= 0.3 is 0 Å². The van der Waals surface area contributed by atoms with Crippen LogP contribution in [0.2, 0.25) is 0 Å². The third-order valence-corrected chi connectivity index (χ3v) is 4.83. The van der Waals surface area contributed by atoms with Gasteiger partial charge in [-0.2, -0.15) is 0 Å². The van der Waals surface area contributed by atoms with Crippen molar-refractivity contribution in [1.29, 1.82) is 0 Å². The van der Waals surface area contributed by atoms with Crippen molar-refractivity contribution in [3.05, 3.63) is 18.3 Å². The van der Waals surface area contributed by atoms with E-state index < -0.39 is 10.0 Å². The molecule has 1 aliphatic rings. The maximum atomic E-state index is 12.3. The Morgan fingerprint density at radius 3 is 2.72 bits per heavy atom. The van der Waals surface area contributed by atoms with E-state index in [0.717, 1.165) is 19.3 Å². The Labute approximate surface area is 108 Å². The van der Waals surface area contributed by atoms with Gasteiger partial charge in [0.05, 0.1) is 5.69 Å². The molecule has 1 aliphatic carbocycles. The monoisotopic (exact) mass is 269 g/mol. The minimum atomic E-state index is -3.56. The Hall–Kier alpha value is -1.14. The lowest BCUT2D eigenvalue weighted by Crippen LogP contribution is -2.51. The average molecular weight is 269 g/mol. The first-order valence-corrected chi connectivity index (χ1v) is 7.68. The highest BCUT2D eigenvalue weighted by Crippen LogP contribution is 2.33. The van der Waals surface area contributed by atoms with E-state index in [2.05, 4.69) is 15.0 Å². The van der Waals surface area contributed by atoms with Crippen LogP contribution in [0.25, 0.3) is 0 Å². The first kappa shape index (κ1) is 13.3. The molecule has 100 valence electrons. The van der Waals surface area contributed by atoms with Gasteiger partial charge in [-0.15, -0.1) is 0 Å². The number of anilines is 1. The van der Waals surface area contributed by atoms with E-state index in [1.807, 2.05) is 13.8 Å². The van der Waals surface area contributed by atoms with E-state index in [1.165, 1.54) is 6.20 Å². The average Bonchev–Trinajstić information content (AvgIpc) is 2.27. The van der Waals surface area contributed by atoms with Gasteiger partial charge in [0.1, 0.15) is 0 Å². The van der Waals surface area contributed by atoms with Gasteiger partial charge in [-0.3, -0.25) is 0 Å². The number of hydrogen-bond acceptors (Lipinski definition) is 4. The molecule has 2 N–H and O–H groups in total. The normalized spacial score (nSPS) is 18.1. The van der Waals surface area contributed by atoms with Gasteiger partial charge in [-0.05, 0) is 45.2 Å². The van der Waals surface area contributed by atoms with Crippen molar-refractivity contribution in [2.45, 2.75) is 43.7 Å². The predicted molar refractivity (Wildman–Crippen MR) is 71.0 cm³/mol. The molecule has 0 amide bonds. The highest BCUT2D eigenvalue weighted by Gasteiger charge is 2.37. The number of sulfonamides is 1. The molecule has 18 heavy (non-hydrogen) atoms. The first-order valence-electron chi connectivity index (χ1n) is 6.20. The quantitative estimate of drug-likeness (QED) is 0.854. The van der Waals surface area contributed by atoms with E-state index >= 15 is 0 Å². The second-order valence-corrected chi connectivity index (χ2v) is 6.50. The number of nitrogens with one attached hydrogen (secondary N) is 2. The standard InChI is InChI=1S/C12H19N3O2S/c1-3-13-10-6-4-9-14-11(10)18(16,17)15-12(2)7-5-8-12/h4,6,9,13,15H,3,5,7-8H2,1-2H3. The Balaban J connectivity index is 2.29. The summed E-state index contributed by atoms with van der Waals surface area (Å²) in [5.74, 6) is 0. The van der Waals surface area contributed by atoms with E-state index in [-0.39, 0.29) is 10.6 Å². The summed E-state index contributed by atoms with van der Waals surface area (Å²) >= 11 is 0. The van der Waals surface area contributed by atoms with Crippen molar-refractivity contribution in [3.8, 4) is 0 Å². The minimum Gasteiger partial charge on any atom is -0.383 e. The van der Waals surface area contributed by atoms with Gasteiger partial charge < -0.3 is 5.32 Å². The number of pyridine rings is 1. The molecule has 1 heterocycles. The molecular formula is C12H19N3O2S. The number of hydrogen-bond donors (Lipinski definition) is 2. The third kappa shape index (κ3) is 2.64. The molecule has 0 saturated heterocycles. The summed E-state index contributed by atoms with van der Waals surface area (Å²) in [5, 5.41) is 3.11. The molecule has 2 rings (SSSR count). The molecule has 0 aromatic carbocycles. The lowest BCUT2D eigenvalue weighted by Gasteiger charge is -2.38. The molecular weight excluding hydrogens is 250 g/mol. The van der Waals surface area contributed by atoms with Crippen LogP contribution in [0.3, 0.4) is 0 Å². The highest BCUT2D eigenvalue weighted by molar-refractivity contribution is 7.89. The summed E-state index contributed by atoms with van der Waals surface area (Å²) in [6.07, 6.45) is 4.34. The van der Waals surface area contributed by atoms with Crippen LogP contribution in [0.5, 0.6) is 0 Å². The molecule has 0 atom stereocenters. The molecule has 0 bridgehead atoms. The summed E-state index contributed by atoms with van der Waals surface area (Å²) in [5.41, 5.74) is 0.246. The third-order valence-electron chi connectivity index (χ3n) is 3.23. The van der Waals surface area contributed by atoms with Crippen LogP contribution in [0, 0.1) is 0 Å². The van der Waals surface area contributed by atoms with E-state index in [1.54, 1.807) is 12.1 Å².